The highest BCUT2D eigenvalue weighted by Crippen LogP contribution is 2.63. The molecule has 0 bridgehead atoms. The van der Waals surface area contributed by atoms with Crippen LogP contribution in [0.1, 0.15) is 34.1 Å². The molecule has 0 aliphatic heterocycles. The number of esters is 1. The second kappa shape index (κ2) is 4.57. The highest BCUT2D eigenvalue weighted by molar-refractivity contribution is 6.53. The van der Waals surface area contributed by atoms with Gasteiger partial charge in [-0.3, -0.25) is 4.79 Å². The van der Waals surface area contributed by atoms with Gasteiger partial charge in [0.05, 0.1) is 12.5 Å². The number of nitrogens with one attached hydrogen (secondary N) is 1. The molecule has 0 aromatic rings. The van der Waals surface area contributed by atoms with Crippen LogP contribution in [0, 0.1) is 10.8 Å². The lowest BCUT2D eigenvalue weighted by atomic mass is 9.86. The van der Waals surface area contributed by atoms with Gasteiger partial charge in [0.1, 0.15) is 10.4 Å². The number of rotatable bonds is 3. The molecule has 1 aliphatic carbocycles. The van der Waals surface area contributed by atoms with E-state index in [9.17, 15) is 9.59 Å². The standard InChI is InChI=1S/C12H19Cl2NO3/c1-10(2,3)7(8(16)18-5)15-9(17)11(4)6-12(11,13)14/h7H,6H2,1-5H3,(H,15,17)/t7-,11?/m1/s1. The van der Waals surface area contributed by atoms with Crippen LogP contribution in [0.4, 0.5) is 0 Å². The molecule has 2 atom stereocenters. The summed E-state index contributed by atoms with van der Waals surface area (Å²) in [6, 6.07) is -0.725. The van der Waals surface area contributed by atoms with Gasteiger partial charge in [0, 0.05) is 0 Å². The van der Waals surface area contributed by atoms with Crippen molar-refractivity contribution < 1.29 is 14.3 Å². The zero-order chi connectivity index (χ0) is 14.4. The molecule has 0 aromatic carbocycles. The molecule has 0 saturated heterocycles. The summed E-state index contributed by atoms with van der Waals surface area (Å²) in [7, 11) is 1.29. The van der Waals surface area contributed by atoms with Crippen LogP contribution < -0.4 is 5.32 Å². The minimum atomic E-state index is -1.05. The Morgan fingerprint density at radius 2 is 1.78 bits per heavy atom. The lowest BCUT2D eigenvalue weighted by Crippen LogP contribution is -2.52. The molecule has 0 spiro atoms. The lowest BCUT2D eigenvalue weighted by molar-refractivity contribution is -0.148. The number of amides is 1. The van der Waals surface area contributed by atoms with E-state index in [-0.39, 0.29) is 5.91 Å². The van der Waals surface area contributed by atoms with Gasteiger partial charge in [0.2, 0.25) is 5.91 Å². The van der Waals surface area contributed by atoms with Crippen LogP contribution >= 0.6 is 23.2 Å². The molecule has 1 rings (SSSR count). The van der Waals surface area contributed by atoms with Gasteiger partial charge in [-0.25, -0.2) is 4.79 Å². The molecule has 18 heavy (non-hydrogen) atoms. The summed E-state index contributed by atoms with van der Waals surface area (Å²) >= 11 is 11.9. The number of carbonyl (C=O) groups is 2. The fraction of sp³-hybridized carbons (Fsp3) is 0.833. The maximum atomic E-state index is 12.1. The number of hydrogen-bond donors (Lipinski definition) is 1. The Hall–Kier alpha value is -0.480. The molecular weight excluding hydrogens is 277 g/mol. The highest BCUT2D eigenvalue weighted by atomic mass is 35.5. The maximum Gasteiger partial charge on any atom is 0.328 e. The van der Waals surface area contributed by atoms with E-state index in [2.05, 4.69) is 5.32 Å². The predicted octanol–water partition coefficient (Wildman–Crippen LogP) is 2.27. The molecule has 1 fully saturated rings. The van der Waals surface area contributed by atoms with Crippen LogP contribution in [0.5, 0.6) is 0 Å². The third-order valence-corrected chi connectivity index (χ3v) is 4.44. The Morgan fingerprint density at radius 1 is 1.33 bits per heavy atom. The number of halogens is 2. The molecule has 1 N–H and O–H groups in total. The summed E-state index contributed by atoms with van der Waals surface area (Å²) in [6.07, 6.45) is 0.382. The van der Waals surface area contributed by atoms with Gasteiger partial charge >= 0.3 is 5.97 Å². The van der Waals surface area contributed by atoms with Gasteiger partial charge in [0.15, 0.2) is 0 Å². The van der Waals surface area contributed by atoms with E-state index in [1.165, 1.54) is 7.11 Å². The third-order valence-electron chi connectivity index (χ3n) is 3.34. The van der Waals surface area contributed by atoms with Crippen molar-refractivity contribution in [3.8, 4) is 0 Å². The van der Waals surface area contributed by atoms with Gasteiger partial charge in [0.25, 0.3) is 0 Å². The molecular formula is C12H19Cl2NO3. The minimum Gasteiger partial charge on any atom is -0.467 e. The summed E-state index contributed by atoms with van der Waals surface area (Å²) in [4.78, 5) is 23.8. The smallest absolute Gasteiger partial charge is 0.328 e. The van der Waals surface area contributed by atoms with Crippen molar-refractivity contribution in [2.24, 2.45) is 10.8 Å². The van der Waals surface area contributed by atoms with E-state index in [0.29, 0.717) is 6.42 Å². The van der Waals surface area contributed by atoms with Crippen molar-refractivity contribution in [2.45, 2.75) is 44.5 Å². The van der Waals surface area contributed by atoms with Crippen LogP contribution in [0.2, 0.25) is 0 Å². The first-order valence-electron chi connectivity index (χ1n) is 5.72. The van der Waals surface area contributed by atoms with Gasteiger partial charge in [-0.05, 0) is 18.8 Å². The quantitative estimate of drug-likeness (QED) is 0.642. The molecule has 0 aromatic heterocycles. The Labute approximate surface area is 117 Å². The molecule has 1 aliphatic rings. The third kappa shape index (κ3) is 2.75. The molecule has 6 heteroatoms. The average Bonchev–Trinajstić information content (AvgIpc) is 2.73. The van der Waals surface area contributed by atoms with Crippen LogP contribution in [-0.4, -0.2) is 29.4 Å². The van der Waals surface area contributed by atoms with Crippen molar-refractivity contribution in [3.05, 3.63) is 0 Å². The number of carbonyl (C=O) groups excluding carboxylic acids is 2. The zero-order valence-corrected chi connectivity index (χ0v) is 12.8. The largest absolute Gasteiger partial charge is 0.467 e. The molecule has 1 amide bonds. The molecule has 4 nitrogen and oxygen atoms in total. The van der Waals surface area contributed by atoms with Crippen molar-refractivity contribution in [1.82, 2.24) is 5.32 Å². The summed E-state index contributed by atoms with van der Waals surface area (Å²) in [5.74, 6) is -0.798. The first kappa shape index (κ1) is 15.6. The van der Waals surface area contributed by atoms with Crippen LogP contribution in [0.15, 0.2) is 0 Å². The summed E-state index contributed by atoms with van der Waals surface area (Å²) < 4.78 is 3.66. The monoisotopic (exact) mass is 295 g/mol. The van der Waals surface area contributed by atoms with Crippen molar-refractivity contribution in [2.75, 3.05) is 7.11 Å². The predicted molar refractivity (Wildman–Crippen MR) is 70.6 cm³/mol. The number of methoxy groups -OCH3 is 1. The fourth-order valence-corrected chi connectivity index (χ4v) is 2.39. The summed E-state index contributed by atoms with van der Waals surface area (Å²) in [5, 5.41) is 2.68. The molecule has 1 saturated carbocycles. The SMILES string of the molecule is COC(=O)[C@@H](NC(=O)C1(C)CC1(Cl)Cl)C(C)(C)C. The van der Waals surface area contributed by atoms with Crippen molar-refractivity contribution >= 4 is 35.1 Å². The summed E-state index contributed by atoms with van der Waals surface area (Å²) in [5.41, 5.74) is -1.29. The topological polar surface area (TPSA) is 55.4 Å². The lowest BCUT2D eigenvalue weighted by Gasteiger charge is -2.30. The van der Waals surface area contributed by atoms with Gasteiger partial charge in [-0.2, -0.15) is 0 Å². The number of hydrogen-bond acceptors (Lipinski definition) is 3. The van der Waals surface area contributed by atoms with E-state index < -0.39 is 27.2 Å². The first-order chi connectivity index (χ1) is 7.95. The van der Waals surface area contributed by atoms with Crippen LogP contribution in [-0.2, 0) is 14.3 Å². The normalized spacial score (nSPS) is 27.3. The zero-order valence-electron chi connectivity index (χ0n) is 11.3. The second-order valence-electron chi connectivity index (χ2n) is 6.01. The Kier molecular flexibility index (Phi) is 3.95. The molecule has 0 radical (unpaired) electrons. The second-order valence-corrected chi connectivity index (χ2v) is 7.49. The fourth-order valence-electron chi connectivity index (χ4n) is 1.68. The van der Waals surface area contributed by atoms with Gasteiger partial charge in [-0.15, -0.1) is 23.2 Å². The van der Waals surface area contributed by atoms with Crippen LogP contribution in [0.3, 0.4) is 0 Å². The maximum absolute atomic E-state index is 12.1. The van der Waals surface area contributed by atoms with E-state index in [4.69, 9.17) is 27.9 Å². The van der Waals surface area contributed by atoms with E-state index >= 15 is 0 Å². The molecule has 1 unspecified atom stereocenters. The van der Waals surface area contributed by atoms with E-state index in [0.717, 1.165) is 0 Å². The Bertz CT molecular complexity index is 376. The first-order valence-corrected chi connectivity index (χ1v) is 6.48. The van der Waals surface area contributed by atoms with Gasteiger partial charge < -0.3 is 10.1 Å². The Balaban J connectivity index is 2.81. The van der Waals surface area contributed by atoms with Crippen LogP contribution in [0.25, 0.3) is 0 Å². The summed E-state index contributed by atoms with van der Waals surface area (Å²) in [6.45, 7) is 7.22. The average molecular weight is 296 g/mol. The molecule has 104 valence electrons. The van der Waals surface area contributed by atoms with Crippen molar-refractivity contribution in [1.29, 1.82) is 0 Å². The number of alkyl halides is 2. The highest BCUT2D eigenvalue weighted by Gasteiger charge is 2.68. The number of ether oxygens (including phenoxy) is 1. The Morgan fingerprint density at radius 3 is 2.06 bits per heavy atom. The minimum absolute atomic E-state index is 0.321. The molecule has 0 heterocycles. The van der Waals surface area contributed by atoms with E-state index in [1.54, 1.807) is 6.92 Å². The van der Waals surface area contributed by atoms with Gasteiger partial charge in [-0.1, -0.05) is 20.8 Å². The van der Waals surface area contributed by atoms with E-state index in [1.807, 2.05) is 20.8 Å². The van der Waals surface area contributed by atoms with Crippen molar-refractivity contribution in [3.63, 3.8) is 0 Å².